The van der Waals surface area contributed by atoms with Crippen molar-refractivity contribution in [1.29, 1.82) is 0 Å². The average molecular weight is 256 g/mol. The Labute approximate surface area is 113 Å². The zero-order valence-corrected chi connectivity index (χ0v) is 13.0. The standard InChI is InChI=1S/C15H32N2O/c1-13(2)18-11-10-17(5)15(12-16)8-6-14(3,4)7-9-15/h13H,6-12,16H2,1-5H3. The van der Waals surface area contributed by atoms with Crippen molar-refractivity contribution in [2.75, 3.05) is 26.7 Å². The largest absolute Gasteiger partial charge is 0.377 e. The fourth-order valence-electron chi connectivity index (χ4n) is 2.80. The summed E-state index contributed by atoms with van der Waals surface area (Å²) < 4.78 is 5.65. The monoisotopic (exact) mass is 256 g/mol. The zero-order valence-electron chi connectivity index (χ0n) is 13.0. The second-order valence-electron chi connectivity index (χ2n) is 6.93. The van der Waals surface area contributed by atoms with Crippen LogP contribution in [0.3, 0.4) is 0 Å². The summed E-state index contributed by atoms with van der Waals surface area (Å²) in [5.41, 5.74) is 6.77. The van der Waals surface area contributed by atoms with Gasteiger partial charge in [0, 0.05) is 18.6 Å². The van der Waals surface area contributed by atoms with Gasteiger partial charge in [0.2, 0.25) is 0 Å². The fourth-order valence-corrected chi connectivity index (χ4v) is 2.80. The van der Waals surface area contributed by atoms with Gasteiger partial charge >= 0.3 is 0 Å². The lowest BCUT2D eigenvalue weighted by Gasteiger charge is -2.48. The molecule has 0 atom stereocenters. The SMILES string of the molecule is CC(C)OCCN(C)C1(CN)CCC(C)(C)CC1. The minimum atomic E-state index is 0.204. The van der Waals surface area contributed by atoms with Crippen LogP contribution in [0.1, 0.15) is 53.4 Å². The maximum Gasteiger partial charge on any atom is 0.0597 e. The first kappa shape index (κ1) is 15.9. The Morgan fingerprint density at radius 1 is 1.17 bits per heavy atom. The first-order chi connectivity index (χ1) is 8.31. The summed E-state index contributed by atoms with van der Waals surface area (Å²) in [7, 11) is 2.20. The van der Waals surface area contributed by atoms with Crippen LogP contribution in [0, 0.1) is 5.41 Å². The smallest absolute Gasteiger partial charge is 0.0597 e. The van der Waals surface area contributed by atoms with Gasteiger partial charge in [-0.2, -0.15) is 0 Å². The number of rotatable bonds is 6. The molecule has 108 valence electrons. The molecule has 3 heteroatoms. The second-order valence-corrected chi connectivity index (χ2v) is 6.93. The molecule has 3 nitrogen and oxygen atoms in total. The van der Waals surface area contributed by atoms with Gasteiger partial charge in [-0.05, 0) is 52.0 Å². The average Bonchev–Trinajstić information content (AvgIpc) is 2.29. The van der Waals surface area contributed by atoms with Crippen molar-refractivity contribution in [2.24, 2.45) is 11.1 Å². The van der Waals surface area contributed by atoms with Crippen molar-refractivity contribution >= 4 is 0 Å². The summed E-state index contributed by atoms with van der Waals surface area (Å²) in [6.45, 7) is 11.5. The van der Waals surface area contributed by atoms with Gasteiger partial charge in [-0.1, -0.05) is 13.8 Å². The summed E-state index contributed by atoms with van der Waals surface area (Å²) in [6, 6.07) is 0. The molecule has 0 spiro atoms. The van der Waals surface area contributed by atoms with Crippen LogP contribution in [0.5, 0.6) is 0 Å². The molecule has 1 aliphatic rings. The predicted octanol–water partition coefficient (Wildman–Crippen LogP) is 2.64. The zero-order chi connectivity index (χ0) is 13.8. The Morgan fingerprint density at radius 2 is 1.72 bits per heavy atom. The number of hydrogen-bond acceptors (Lipinski definition) is 3. The molecule has 1 aliphatic carbocycles. The highest BCUT2D eigenvalue weighted by molar-refractivity contribution is 4.96. The molecular formula is C15H32N2O. The van der Waals surface area contributed by atoms with Gasteiger partial charge in [0.05, 0.1) is 12.7 Å². The van der Waals surface area contributed by atoms with Crippen molar-refractivity contribution in [1.82, 2.24) is 4.90 Å². The normalized spacial score (nSPS) is 22.7. The number of ether oxygens (including phenoxy) is 1. The topological polar surface area (TPSA) is 38.5 Å². The van der Waals surface area contributed by atoms with Crippen LogP contribution in [0.15, 0.2) is 0 Å². The predicted molar refractivity (Wildman–Crippen MR) is 77.8 cm³/mol. The lowest BCUT2D eigenvalue weighted by molar-refractivity contribution is 0.00532. The molecule has 0 aliphatic heterocycles. The van der Waals surface area contributed by atoms with Crippen molar-refractivity contribution in [3.05, 3.63) is 0 Å². The van der Waals surface area contributed by atoms with Crippen LogP contribution >= 0.6 is 0 Å². The van der Waals surface area contributed by atoms with E-state index >= 15 is 0 Å². The quantitative estimate of drug-likeness (QED) is 0.794. The highest BCUT2D eigenvalue weighted by Gasteiger charge is 2.39. The molecule has 0 heterocycles. The third-order valence-electron chi connectivity index (χ3n) is 4.60. The molecule has 1 fully saturated rings. The molecule has 2 N–H and O–H groups in total. The molecule has 0 saturated heterocycles. The van der Waals surface area contributed by atoms with E-state index in [4.69, 9.17) is 10.5 Å². The van der Waals surface area contributed by atoms with Gasteiger partial charge in [-0.25, -0.2) is 0 Å². The highest BCUT2D eigenvalue weighted by atomic mass is 16.5. The van der Waals surface area contributed by atoms with E-state index in [1.165, 1.54) is 25.7 Å². The van der Waals surface area contributed by atoms with E-state index in [1.54, 1.807) is 0 Å². The molecule has 0 amide bonds. The summed E-state index contributed by atoms with van der Waals surface area (Å²) in [5, 5.41) is 0. The van der Waals surface area contributed by atoms with Gasteiger partial charge in [-0.3, -0.25) is 4.90 Å². The number of hydrogen-bond donors (Lipinski definition) is 1. The third-order valence-corrected chi connectivity index (χ3v) is 4.60. The Balaban J connectivity index is 2.49. The van der Waals surface area contributed by atoms with E-state index in [9.17, 15) is 0 Å². The van der Waals surface area contributed by atoms with E-state index in [1.807, 2.05) is 0 Å². The second kappa shape index (κ2) is 6.36. The minimum Gasteiger partial charge on any atom is -0.377 e. The molecule has 0 aromatic heterocycles. The van der Waals surface area contributed by atoms with E-state index < -0.39 is 0 Å². The molecule has 0 unspecified atom stereocenters. The van der Waals surface area contributed by atoms with Gasteiger partial charge in [-0.15, -0.1) is 0 Å². The summed E-state index contributed by atoms with van der Waals surface area (Å²) in [4.78, 5) is 2.44. The Hall–Kier alpha value is -0.120. The van der Waals surface area contributed by atoms with Gasteiger partial charge in [0.1, 0.15) is 0 Å². The van der Waals surface area contributed by atoms with Crippen molar-refractivity contribution in [3.8, 4) is 0 Å². The molecule has 1 rings (SSSR count). The van der Waals surface area contributed by atoms with E-state index in [0.29, 0.717) is 11.5 Å². The Kier molecular flexibility index (Phi) is 5.63. The van der Waals surface area contributed by atoms with Gasteiger partial charge in [0.15, 0.2) is 0 Å². The van der Waals surface area contributed by atoms with E-state index in [-0.39, 0.29) is 5.54 Å². The lowest BCUT2D eigenvalue weighted by Crippen LogP contribution is -2.55. The van der Waals surface area contributed by atoms with Crippen LogP contribution in [0.25, 0.3) is 0 Å². The van der Waals surface area contributed by atoms with Crippen LogP contribution in [0.2, 0.25) is 0 Å². The summed E-state index contributed by atoms with van der Waals surface area (Å²) >= 11 is 0. The molecule has 18 heavy (non-hydrogen) atoms. The number of nitrogens with zero attached hydrogens (tertiary/aromatic N) is 1. The minimum absolute atomic E-state index is 0.204. The maximum absolute atomic E-state index is 6.08. The van der Waals surface area contributed by atoms with Crippen LogP contribution in [-0.2, 0) is 4.74 Å². The van der Waals surface area contributed by atoms with Gasteiger partial charge in [0.25, 0.3) is 0 Å². The van der Waals surface area contributed by atoms with Crippen LogP contribution in [0.4, 0.5) is 0 Å². The lowest BCUT2D eigenvalue weighted by atomic mass is 9.69. The summed E-state index contributed by atoms with van der Waals surface area (Å²) in [5.74, 6) is 0. The first-order valence-electron chi connectivity index (χ1n) is 7.34. The number of nitrogens with two attached hydrogens (primary N) is 1. The van der Waals surface area contributed by atoms with E-state index in [0.717, 1.165) is 19.7 Å². The number of likely N-dealkylation sites (N-methyl/N-ethyl adjacent to an activating group) is 1. The summed E-state index contributed by atoms with van der Waals surface area (Å²) in [6.07, 6.45) is 5.31. The van der Waals surface area contributed by atoms with Crippen molar-refractivity contribution in [3.63, 3.8) is 0 Å². The molecule has 0 aromatic carbocycles. The van der Waals surface area contributed by atoms with Gasteiger partial charge < -0.3 is 10.5 Å². The molecule has 0 bridgehead atoms. The van der Waals surface area contributed by atoms with E-state index in [2.05, 4.69) is 39.6 Å². The molecular weight excluding hydrogens is 224 g/mol. The van der Waals surface area contributed by atoms with Crippen molar-refractivity contribution < 1.29 is 4.74 Å². The molecule has 1 saturated carbocycles. The van der Waals surface area contributed by atoms with Crippen LogP contribution < -0.4 is 5.73 Å². The Bertz CT molecular complexity index is 241. The fraction of sp³-hybridized carbons (Fsp3) is 1.00. The molecule has 0 aromatic rings. The van der Waals surface area contributed by atoms with Crippen LogP contribution in [-0.4, -0.2) is 43.3 Å². The highest BCUT2D eigenvalue weighted by Crippen LogP contribution is 2.42. The van der Waals surface area contributed by atoms with Crippen molar-refractivity contribution in [2.45, 2.75) is 65.0 Å². The molecule has 0 radical (unpaired) electrons. The maximum atomic E-state index is 6.08. The third kappa shape index (κ3) is 4.22. The first-order valence-corrected chi connectivity index (χ1v) is 7.34. The Morgan fingerprint density at radius 3 is 2.17 bits per heavy atom.